The van der Waals surface area contributed by atoms with Gasteiger partial charge in [-0.05, 0) is 42.3 Å². The Hall–Kier alpha value is -2.90. The fourth-order valence-corrected chi connectivity index (χ4v) is 3.96. The molecule has 0 atom stereocenters. The molecule has 2 aromatic rings. The molecule has 0 saturated carbocycles. The van der Waals surface area contributed by atoms with E-state index in [2.05, 4.69) is 10.6 Å². The Bertz CT molecular complexity index is 1070. The first kappa shape index (κ1) is 31.1. The summed E-state index contributed by atoms with van der Waals surface area (Å²) < 4.78 is 14.1. The van der Waals surface area contributed by atoms with Gasteiger partial charge in [0.1, 0.15) is 11.9 Å². The summed E-state index contributed by atoms with van der Waals surface area (Å²) >= 11 is 0. The standard InChI is InChI=1S/C25H31FN6O2.2ClH/c1-4-28-9-10-29-24(33)16-31(23-12-21(13-27)22(26)11-18(23)2)17-25(34)30(3)32-14-19-7-5-6-8-20(19)15-32;;/h5-8,11-12,28H,4,9-10,14-17H2,1-3H3,(H,29,33);2*1H. The van der Waals surface area contributed by atoms with Crippen molar-refractivity contribution in [3.63, 3.8) is 0 Å². The molecule has 8 nitrogen and oxygen atoms in total. The van der Waals surface area contributed by atoms with Gasteiger partial charge < -0.3 is 15.5 Å². The Balaban J connectivity index is 0.00000324. The molecule has 2 N–H and O–H groups in total. The first-order valence-electron chi connectivity index (χ1n) is 11.3. The van der Waals surface area contributed by atoms with Crippen LogP contribution in [0.4, 0.5) is 10.1 Å². The molecule has 2 amide bonds. The summed E-state index contributed by atoms with van der Waals surface area (Å²) in [5, 5.41) is 18.8. The van der Waals surface area contributed by atoms with Gasteiger partial charge >= 0.3 is 0 Å². The molecular weight excluding hydrogens is 506 g/mol. The summed E-state index contributed by atoms with van der Waals surface area (Å²) in [6.07, 6.45) is 0. The lowest BCUT2D eigenvalue weighted by molar-refractivity contribution is -0.145. The smallest absolute Gasteiger partial charge is 0.256 e. The summed E-state index contributed by atoms with van der Waals surface area (Å²) in [6, 6.07) is 12.5. The molecule has 0 unspecified atom stereocenters. The largest absolute Gasteiger partial charge is 0.353 e. The maximum Gasteiger partial charge on any atom is 0.256 e. The second-order valence-electron chi connectivity index (χ2n) is 8.30. The van der Waals surface area contributed by atoms with E-state index in [1.165, 1.54) is 23.3 Å². The van der Waals surface area contributed by atoms with Gasteiger partial charge in [0, 0.05) is 38.9 Å². The third kappa shape index (κ3) is 7.80. The molecular formula is C25H33Cl2FN6O2. The van der Waals surface area contributed by atoms with Crippen molar-refractivity contribution in [1.29, 1.82) is 5.26 Å². The van der Waals surface area contributed by atoms with Gasteiger partial charge in [0.25, 0.3) is 5.91 Å². The van der Waals surface area contributed by atoms with Gasteiger partial charge in [0.15, 0.2) is 0 Å². The molecule has 3 rings (SSSR count). The number of aryl methyl sites for hydroxylation is 1. The minimum Gasteiger partial charge on any atom is -0.353 e. The number of halogens is 3. The molecule has 196 valence electrons. The van der Waals surface area contributed by atoms with Gasteiger partial charge in [-0.15, -0.1) is 24.8 Å². The highest BCUT2D eigenvalue weighted by atomic mass is 35.5. The van der Waals surface area contributed by atoms with E-state index in [0.29, 0.717) is 37.4 Å². The minimum atomic E-state index is -0.628. The van der Waals surface area contributed by atoms with Crippen molar-refractivity contribution in [2.75, 3.05) is 44.7 Å². The number of benzene rings is 2. The van der Waals surface area contributed by atoms with Crippen LogP contribution in [0.5, 0.6) is 0 Å². The molecule has 0 saturated heterocycles. The number of nitriles is 1. The second-order valence-corrected chi connectivity index (χ2v) is 8.30. The molecule has 0 spiro atoms. The van der Waals surface area contributed by atoms with E-state index in [4.69, 9.17) is 0 Å². The number of hydrogen-bond acceptors (Lipinski definition) is 6. The van der Waals surface area contributed by atoms with Gasteiger partial charge in [0.2, 0.25) is 5.91 Å². The highest BCUT2D eigenvalue weighted by molar-refractivity contribution is 5.87. The first-order chi connectivity index (χ1) is 16.3. The van der Waals surface area contributed by atoms with Gasteiger partial charge in [0.05, 0.1) is 18.7 Å². The Kier molecular flexibility index (Phi) is 12.6. The minimum absolute atomic E-state index is 0. The maximum absolute atomic E-state index is 14.1. The second kappa shape index (κ2) is 14.6. The number of likely N-dealkylation sites (N-methyl/N-ethyl adjacent to an activating group) is 2. The summed E-state index contributed by atoms with van der Waals surface area (Å²) in [5.41, 5.74) is 3.24. The van der Waals surface area contributed by atoms with Crippen LogP contribution in [-0.2, 0) is 22.7 Å². The van der Waals surface area contributed by atoms with Crippen LogP contribution in [0, 0.1) is 24.1 Å². The highest BCUT2D eigenvalue weighted by Gasteiger charge is 2.27. The number of rotatable bonds is 10. The highest BCUT2D eigenvalue weighted by Crippen LogP contribution is 2.26. The lowest BCUT2D eigenvalue weighted by Gasteiger charge is -2.32. The number of amides is 2. The van der Waals surface area contributed by atoms with Gasteiger partial charge in [-0.1, -0.05) is 31.2 Å². The number of hydrogen-bond donors (Lipinski definition) is 2. The van der Waals surface area contributed by atoms with Crippen molar-refractivity contribution in [2.45, 2.75) is 26.9 Å². The van der Waals surface area contributed by atoms with Crippen molar-refractivity contribution in [2.24, 2.45) is 0 Å². The lowest BCUT2D eigenvalue weighted by atomic mass is 10.1. The van der Waals surface area contributed by atoms with Crippen LogP contribution in [0.1, 0.15) is 29.2 Å². The molecule has 1 aliphatic rings. The van der Waals surface area contributed by atoms with E-state index in [1.807, 2.05) is 42.3 Å². The molecule has 0 aromatic heterocycles. The number of nitrogens with one attached hydrogen (secondary N) is 2. The Labute approximate surface area is 224 Å². The van der Waals surface area contributed by atoms with Crippen LogP contribution in [0.2, 0.25) is 0 Å². The number of carbonyl (C=O) groups excluding carboxylic acids is 2. The fourth-order valence-electron chi connectivity index (χ4n) is 3.96. The monoisotopic (exact) mass is 538 g/mol. The Morgan fingerprint density at radius 1 is 1.11 bits per heavy atom. The van der Waals surface area contributed by atoms with Crippen molar-refractivity contribution < 1.29 is 14.0 Å². The van der Waals surface area contributed by atoms with E-state index in [1.54, 1.807) is 23.9 Å². The number of hydrazine groups is 1. The zero-order chi connectivity index (χ0) is 24.7. The number of carbonyl (C=O) groups is 2. The van der Waals surface area contributed by atoms with Crippen LogP contribution in [0.25, 0.3) is 0 Å². The molecule has 11 heteroatoms. The van der Waals surface area contributed by atoms with Crippen LogP contribution < -0.4 is 15.5 Å². The molecule has 36 heavy (non-hydrogen) atoms. The molecule has 0 radical (unpaired) electrons. The van der Waals surface area contributed by atoms with E-state index in [-0.39, 0.29) is 55.3 Å². The summed E-state index contributed by atoms with van der Waals surface area (Å²) in [7, 11) is 1.71. The summed E-state index contributed by atoms with van der Waals surface area (Å²) in [4.78, 5) is 27.5. The number of nitrogens with zero attached hydrogens (tertiary/aromatic N) is 4. The quantitative estimate of drug-likeness (QED) is 0.452. The van der Waals surface area contributed by atoms with Crippen molar-refractivity contribution in [1.82, 2.24) is 20.7 Å². The SMILES string of the molecule is CCNCCNC(=O)CN(CC(=O)N(C)N1Cc2ccccc2C1)c1cc(C#N)c(F)cc1C.Cl.Cl. The van der Waals surface area contributed by atoms with Crippen LogP contribution in [0.3, 0.4) is 0 Å². The average molecular weight is 539 g/mol. The average Bonchev–Trinajstić information content (AvgIpc) is 3.25. The fraction of sp³-hybridized carbons (Fsp3) is 0.400. The molecule has 1 heterocycles. The zero-order valence-corrected chi connectivity index (χ0v) is 22.3. The van der Waals surface area contributed by atoms with Crippen LogP contribution >= 0.6 is 24.8 Å². The van der Waals surface area contributed by atoms with Crippen LogP contribution in [-0.4, -0.2) is 61.6 Å². The van der Waals surface area contributed by atoms with Gasteiger partial charge in [-0.2, -0.15) is 5.26 Å². The summed E-state index contributed by atoms with van der Waals surface area (Å²) in [6.45, 7) is 6.61. The molecule has 0 aliphatic carbocycles. The van der Waals surface area contributed by atoms with Gasteiger partial charge in [-0.3, -0.25) is 14.6 Å². The topological polar surface area (TPSA) is 91.7 Å². The first-order valence-corrected chi connectivity index (χ1v) is 11.3. The van der Waals surface area contributed by atoms with E-state index in [0.717, 1.165) is 6.54 Å². The number of anilines is 1. The molecule has 2 aromatic carbocycles. The zero-order valence-electron chi connectivity index (χ0n) is 20.7. The van der Waals surface area contributed by atoms with Crippen molar-refractivity contribution in [3.8, 4) is 6.07 Å². The molecule has 1 aliphatic heterocycles. The Morgan fingerprint density at radius 3 is 2.33 bits per heavy atom. The molecule has 0 fully saturated rings. The van der Waals surface area contributed by atoms with E-state index in [9.17, 15) is 19.2 Å². The van der Waals surface area contributed by atoms with Crippen molar-refractivity contribution >= 4 is 42.3 Å². The molecule has 0 bridgehead atoms. The normalized spacial score (nSPS) is 12.0. The van der Waals surface area contributed by atoms with Crippen LogP contribution in [0.15, 0.2) is 36.4 Å². The van der Waals surface area contributed by atoms with Gasteiger partial charge in [-0.25, -0.2) is 9.40 Å². The summed E-state index contributed by atoms with van der Waals surface area (Å²) in [5.74, 6) is -1.10. The van der Waals surface area contributed by atoms with E-state index < -0.39 is 5.82 Å². The predicted octanol–water partition coefficient (Wildman–Crippen LogP) is 2.77. The third-order valence-corrected chi connectivity index (χ3v) is 5.89. The number of fused-ring (bicyclic) bond motifs is 1. The third-order valence-electron chi connectivity index (χ3n) is 5.89. The van der Waals surface area contributed by atoms with E-state index >= 15 is 0 Å². The van der Waals surface area contributed by atoms with Crippen molar-refractivity contribution in [3.05, 3.63) is 64.5 Å². The lowest BCUT2D eigenvalue weighted by Crippen LogP contribution is -2.48. The Morgan fingerprint density at radius 2 is 1.75 bits per heavy atom. The maximum atomic E-state index is 14.1. The predicted molar refractivity (Wildman–Crippen MR) is 143 cm³/mol.